The highest BCUT2D eigenvalue weighted by molar-refractivity contribution is 4.83. The Morgan fingerprint density at radius 2 is 2.06 bits per heavy atom. The third-order valence-corrected chi connectivity index (χ3v) is 4.62. The van der Waals surface area contributed by atoms with Gasteiger partial charge in [-0.2, -0.15) is 0 Å². The van der Waals surface area contributed by atoms with Crippen molar-refractivity contribution in [1.82, 2.24) is 10.2 Å². The molecule has 2 fully saturated rings. The minimum Gasteiger partial charge on any atom is -0.314 e. The molecule has 2 aliphatic rings. The summed E-state index contributed by atoms with van der Waals surface area (Å²) in [6.45, 7) is 9.74. The van der Waals surface area contributed by atoms with Crippen LogP contribution in [0.1, 0.15) is 46.0 Å². The molecule has 2 unspecified atom stereocenters. The average molecular weight is 224 g/mol. The SMILES string of the molecule is CCN1CCC(NCCC2CCC2)C(C)C1. The van der Waals surface area contributed by atoms with Gasteiger partial charge in [-0.05, 0) is 44.3 Å². The van der Waals surface area contributed by atoms with Gasteiger partial charge in [-0.3, -0.25) is 0 Å². The molecule has 2 rings (SSSR count). The maximum atomic E-state index is 3.79. The number of hydrogen-bond acceptors (Lipinski definition) is 2. The number of likely N-dealkylation sites (tertiary alicyclic amines) is 1. The first-order chi connectivity index (χ1) is 7.79. The molecular weight excluding hydrogens is 196 g/mol. The Kier molecular flexibility index (Phi) is 4.66. The summed E-state index contributed by atoms with van der Waals surface area (Å²) in [5.41, 5.74) is 0. The van der Waals surface area contributed by atoms with Gasteiger partial charge in [0.15, 0.2) is 0 Å². The van der Waals surface area contributed by atoms with Crippen molar-refractivity contribution < 1.29 is 0 Å². The Bertz CT molecular complexity index is 201. The first kappa shape index (κ1) is 12.4. The van der Waals surface area contributed by atoms with Crippen LogP contribution in [-0.2, 0) is 0 Å². The molecule has 1 aliphatic heterocycles. The summed E-state index contributed by atoms with van der Waals surface area (Å²) >= 11 is 0. The van der Waals surface area contributed by atoms with Crippen molar-refractivity contribution >= 4 is 0 Å². The predicted molar refractivity (Wildman–Crippen MR) is 69.6 cm³/mol. The second-order valence-electron chi connectivity index (χ2n) is 5.81. The summed E-state index contributed by atoms with van der Waals surface area (Å²) in [6.07, 6.45) is 7.23. The highest BCUT2D eigenvalue weighted by Crippen LogP contribution is 2.29. The first-order valence-electron chi connectivity index (χ1n) is 7.25. The van der Waals surface area contributed by atoms with Gasteiger partial charge in [0.05, 0.1) is 0 Å². The second kappa shape index (κ2) is 6.02. The van der Waals surface area contributed by atoms with Crippen molar-refractivity contribution in [1.29, 1.82) is 0 Å². The Balaban J connectivity index is 1.61. The van der Waals surface area contributed by atoms with Crippen LogP contribution in [0.3, 0.4) is 0 Å². The van der Waals surface area contributed by atoms with Crippen LogP contribution < -0.4 is 5.32 Å². The number of nitrogens with zero attached hydrogens (tertiary/aromatic N) is 1. The molecular formula is C14H28N2. The zero-order valence-electron chi connectivity index (χ0n) is 11.0. The lowest BCUT2D eigenvalue weighted by Crippen LogP contribution is -2.48. The third kappa shape index (κ3) is 3.21. The lowest BCUT2D eigenvalue weighted by molar-refractivity contribution is 0.150. The molecule has 0 aromatic heterocycles. The lowest BCUT2D eigenvalue weighted by Gasteiger charge is -2.37. The average Bonchev–Trinajstić information content (AvgIpc) is 2.23. The monoisotopic (exact) mass is 224 g/mol. The van der Waals surface area contributed by atoms with Crippen LogP contribution in [-0.4, -0.2) is 37.1 Å². The maximum absolute atomic E-state index is 3.79. The number of hydrogen-bond donors (Lipinski definition) is 1. The van der Waals surface area contributed by atoms with Gasteiger partial charge in [-0.1, -0.05) is 33.1 Å². The largest absolute Gasteiger partial charge is 0.314 e. The zero-order valence-corrected chi connectivity index (χ0v) is 11.0. The molecule has 16 heavy (non-hydrogen) atoms. The van der Waals surface area contributed by atoms with Gasteiger partial charge in [-0.25, -0.2) is 0 Å². The van der Waals surface area contributed by atoms with Crippen LogP contribution in [0.15, 0.2) is 0 Å². The molecule has 0 aromatic carbocycles. The minimum absolute atomic E-state index is 0.780. The second-order valence-corrected chi connectivity index (χ2v) is 5.81. The van der Waals surface area contributed by atoms with Gasteiger partial charge in [0.1, 0.15) is 0 Å². The molecule has 1 aliphatic carbocycles. The summed E-state index contributed by atoms with van der Waals surface area (Å²) in [4.78, 5) is 2.58. The van der Waals surface area contributed by atoms with E-state index in [0.717, 1.165) is 17.9 Å². The fraction of sp³-hybridized carbons (Fsp3) is 1.00. The van der Waals surface area contributed by atoms with Gasteiger partial charge in [0.2, 0.25) is 0 Å². The van der Waals surface area contributed by atoms with Crippen LogP contribution >= 0.6 is 0 Å². The van der Waals surface area contributed by atoms with Gasteiger partial charge >= 0.3 is 0 Å². The number of nitrogens with one attached hydrogen (secondary N) is 1. The Morgan fingerprint density at radius 3 is 2.62 bits per heavy atom. The minimum atomic E-state index is 0.780. The van der Waals surface area contributed by atoms with Crippen molar-refractivity contribution in [3.63, 3.8) is 0 Å². The Labute approximate surface area is 101 Å². The smallest absolute Gasteiger partial charge is 0.0117 e. The number of rotatable bonds is 5. The standard InChI is InChI=1S/C14H28N2/c1-3-16-10-8-14(12(2)11-16)15-9-7-13-5-4-6-13/h12-15H,3-11H2,1-2H3. The summed E-state index contributed by atoms with van der Waals surface area (Å²) in [7, 11) is 0. The van der Waals surface area contributed by atoms with Gasteiger partial charge < -0.3 is 10.2 Å². The van der Waals surface area contributed by atoms with E-state index in [1.807, 2.05) is 0 Å². The number of piperidine rings is 1. The molecule has 0 bridgehead atoms. The summed E-state index contributed by atoms with van der Waals surface area (Å²) in [5.74, 6) is 1.88. The quantitative estimate of drug-likeness (QED) is 0.772. The topological polar surface area (TPSA) is 15.3 Å². The molecule has 1 N–H and O–H groups in total. The summed E-state index contributed by atoms with van der Waals surface area (Å²) in [5, 5.41) is 3.79. The Morgan fingerprint density at radius 1 is 1.25 bits per heavy atom. The fourth-order valence-electron chi connectivity index (χ4n) is 3.08. The van der Waals surface area contributed by atoms with E-state index < -0.39 is 0 Å². The van der Waals surface area contributed by atoms with Crippen LogP contribution in [0.5, 0.6) is 0 Å². The van der Waals surface area contributed by atoms with E-state index in [1.165, 1.54) is 58.3 Å². The van der Waals surface area contributed by atoms with Crippen LogP contribution in [0.2, 0.25) is 0 Å². The van der Waals surface area contributed by atoms with E-state index >= 15 is 0 Å². The van der Waals surface area contributed by atoms with Crippen LogP contribution in [0.25, 0.3) is 0 Å². The van der Waals surface area contributed by atoms with Crippen molar-refractivity contribution in [3.8, 4) is 0 Å². The normalized spacial score (nSPS) is 32.6. The molecule has 94 valence electrons. The van der Waals surface area contributed by atoms with Gasteiger partial charge in [0.25, 0.3) is 0 Å². The molecule has 1 saturated carbocycles. The molecule has 1 heterocycles. The zero-order chi connectivity index (χ0) is 11.4. The van der Waals surface area contributed by atoms with E-state index in [9.17, 15) is 0 Å². The summed E-state index contributed by atoms with van der Waals surface area (Å²) in [6, 6.07) is 0.780. The molecule has 1 saturated heterocycles. The van der Waals surface area contributed by atoms with Gasteiger partial charge in [0, 0.05) is 12.6 Å². The fourth-order valence-corrected chi connectivity index (χ4v) is 3.08. The Hall–Kier alpha value is -0.0800. The predicted octanol–water partition coefficient (Wildman–Crippen LogP) is 2.50. The van der Waals surface area contributed by atoms with E-state index in [0.29, 0.717) is 0 Å². The highest BCUT2D eigenvalue weighted by Gasteiger charge is 2.25. The summed E-state index contributed by atoms with van der Waals surface area (Å²) < 4.78 is 0. The lowest BCUT2D eigenvalue weighted by atomic mass is 9.83. The van der Waals surface area contributed by atoms with Crippen molar-refractivity contribution in [2.45, 2.75) is 52.0 Å². The van der Waals surface area contributed by atoms with E-state index in [-0.39, 0.29) is 0 Å². The van der Waals surface area contributed by atoms with Crippen molar-refractivity contribution in [2.75, 3.05) is 26.2 Å². The molecule has 2 atom stereocenters. The van der Waals surface area contributed by atoms with E-state index in [1.54, 1.807) is 0 Å². The molecule has 0 spiro atoms. The van der Waals surface area contributed by atoms with Gasteiger partial charge in [-0.15, -0.1) is 0 Å². The molecule has 0 radical (unpaired) electrons. The molecule has 0 amide bonds. The van der Waals surface area contributed by atoms with Crippen LogP contribution in [0, 0.1) is 11.8 Å². The molecule has 2 nitrogen and oxygen atoms in total. The van der Waals surface area contributed by atoms with E-state index in [4.69, 9.17) is 0 Å². The van der Waals surface area contributed by atoms with Crippen LogP contribution in [0.4, 0.5) is 0 Å². The maximum Gasteiger partial charge on any atom is 0.0117 e. The van der Waals surface area contributed by atoms with Crippen molar-refractivity contribution in [2.24, 2.45) is 11.8 Å². The first-order valence-corrected chi connectivity index (χ1v) is 7.25. The van der Waals surface area contributed by atoms with E-state index in [2.05, 4.69) is 24.1 Å². The molecule has 0 aromatic rings. The third-order valence-electron chi connectivity index (χ3n) is 4.62. The van der Waals surface area contributed by atoms with Crippen molar-refractivity contribution in [3.05, 3.63) is 0 Å². The highest BCUT2D eigenvalue weighted by atomic mass is 15.1. The molecule has 2 heteroatoms.